The number of thiocarbonyl (C=S) groups is 1. The van der Waals surface area contributed by atoms with Crippen molar-refractivity contribution in [2.45, 2.75) is 84.8 Å². The molecule has 700 valence electrons. The van der Waals surface area contributed by atoms with Crippen LogP contribution < -0.4 is 67.3 Å². The number of alkyl carbamates (subject to hydrolysis) is 1. The number of pyridine rings is 3. The van der Waals surface area contributed by atoms with Crippen LogP contribution in [0.2, 0.25) is 0 Å². The second-order valence-electron chi connectivity index (χ2n) is 30.1. The number of hydrogen-bond donors (Lipinski definition) is 4. The molecule has 0 unspecified atom stereocenters. The molecule has 4 aromatic heterocycles. The number of ether oxygens (including phenoxy) is 5. The molecule has 0 saturated heterocycles. The number of carbonyl (C=O) groups is 4. The number of aromatic nitrogens is 5. The zero-order valence-corrected chi connectivity index (χ0v) is 84.4. The van der Waals surface area contributed by atoms with Gasteiger partial charge in [0.15, 0.2) is 40.3 Å². The topological polar surface area (TPSA) is 286 Å². The number of nitrogens with zero attached hydrogens (tertiary/aromatic N) is 7. The molecule has 0 bridgehead atoms. The minimum atomic E-state index is -1.34. The molecule has 0 aliphatic heterocycles. The van der Waals surface area contributed by atoms with Crippen LogP contribution in [0.1, 0.15) is 110 Å². The number of anilines is 1. The van der Waals surface area contributed by atoms with E-state index in [2.05, 4.69) is 252 Å². The predicted octanol–water partition coefficient (Wildman–Crippen LogP) is 22.5. The summed E-state index contributed by atoms with van der Waals surface area (Å²) in [5.74, 6) is 2.63. The number of Topliss-reactive ketones (excluding diaryl/α,β-unsaturated/α-hetero) is 3. The summed E-state index contributed by atoms with van der Waals surface area (Å²) in [5.41, 5.74) is 12.9. The molecular formula is C107H105BBrCl2N9O11P2PdS2. The van der Waals surface area contributed by atoms with Gasteiger partial charge in [0.1, 0.15) is 39.2 Å². The SMILES string of the molecule is CC(C)(C)OC(=O)NCCCC(=O)c1cccc(Br)n1.CCCCC(=O)c1cccc(-c2ccccc2)n1.COc1cc(C#N)c(N=C=S)cc1OC.COc1cc2nc(=S)n(CCCC(=O)c3cccc(-c4ccccc4)n3)c(N)c2cc1OC.OB(O)c1ccccc1.[Cl][Pd][Cl].c1ccc(P(c2ccccc2)c2ccccc2)cc1.c1ccc(P(c2ccccc2)c2ccccc2)cc1. The van der Waals surface area contributed by atoms with E-state index < -0.39 is 34.7 Å². The molecule has 5 N–H and O–H groups in total. The first-order chi connectivity index (χ1) is 66.0. The first-order valence-electron chi connectivity index (χ1n) is 43.0. The van der Waals surface area contributed by atoms with E-state index in [0.717, 1.165) is 35.4 Å². The number of nitrogens with one attached hydrogen (secondary N) is 1. The number of nitrogens with two attached hydrogens (primary N) is 1. The maximum Gasteiger partial charge on any atom is -0.0134 e. The van der Waals surface area contributed by atoms with Crippen molar-refractivity contribution in [3.63, 3.8) is 0 Å². The van der Waals surface area contributed by atoms with Crippen LogP contribution in [-0.4, -0.2) is 111 Å². The van der Waals surface area contributed by atoms with Crippen LogP contribution in [0.3, 0.4) is 0 Å². The molecule has 15 rings (SSSR count). The zero-order chi connectivity index (χ0) is 97.8. The summed E-state index contributed by atoms with van der Waals surface area (Å²) in [7, 11) is 13.5. The molecule has 0 saturated carbocycles. The summed E-state index contributed by atoms with van der Waals surface area (Å²) in [5, 5.41) is 39.9. The number of aliphatic imine (C=N–C) groups is 1. The number of nitrogen functional groups attached to an aromatic ring is 1. The molecule has 0 spiro atoms. The molecule has 0 atom stereocenters. The average Bonchev–Trinajstić information content (AvgIpc) is 0.772. The van der Waals surface area contributed by atoms with Crippen LogP contribution in [0.15, 0.2) is 361 Å². The van der Waals surface area contributed by atoms with Gasteiger partial charge in [-0.25, -0.2) is 24.7 Å². The van der Waals surface area contributed by atoms with Crippen molar-refractivity contribution in [2.75, 3.05) is 40.7 Å². The summed E-state index contributed by atoms with van der Waals surface area (Å²) in [6.07, 6.45) is 3.82. The van der Waals surface area contributed by atoms with E-state index in [4.69, 9.17) is 76.0 Å². The zero-order valence-electron chi connectivity index (χ0n) is 76.4. The number of benzene rings is 11. The van der Waals surface area contributed by atoms with Crippen molar-refractivity contribution in [1.82, 2.24) is 29.8 Å². The van der Waals surface area contributed by atoms with Gasteiger partial charge in [-0.1, -0.05) is 305 Å². The van der Waals surface area contributed by atoms with Crippen LogP contribution in [0, 0.1) is 16.1 Å². The number of halogens is 3. The number of hydrogen-bond acceptors (Lipinski definition) is 20. The van der Waals surface area contributed by atoms with E-state index in [-0.39, 0.29) is 33.3 Å². The Kier molecular flexibility index (Phi) is 48.1. The maximum atomic E-state index is 12.8. The van der Waals surface area contributed by atoms with Crippen LogP contribution >= 0.6 is 75.3 Å². The van der Waals surface area contributed by atoms with Crippen LogP contribution in [0.4, 0.5) is 16.3 Å². The largest absolute Gasteiger partial charge is 0.0622 e. The molecule has 15 aromatic rings. The molecule has 136 heavy (non-hydrogen) atoms. The number of nitriles is 1. The minimum absolute atomic E-state index is 0.0296. The molecule has 11 aromatic carbocycles. The normalized spacial score (nSPS) is 10.3. The number of fused-ring (bicyclic) bond motifs is 1. The van der Waals surface area contributed by atoms with Gasteiger partial charge in [0.05, 0.1) is 61.8 Å². The van der Waals surface area contributed by atoms with E-state index in [9.17, 15) is 19.2 Å². The van der Waals surface area contributed by atoms with Gasteiger partial charge >= 0.3 is 48.2 Å². The van der Waals surface area contributed by atoms with Crippen molar-refractivity contribution in [1.29, 1.82) is 5.26 Å². The Balaban J connectivity index is 0.000000199. The van der Waals surface area contributed by atoms with Gasteiger partial charge in [-0.05, 0) is 176 Å². The number of unbranched alkanes of at least 4 members (excludes halogenated alkanes) is 1. The Morgan fingerprint density at radius 2 is 0.853 bits per heavy atom. The monoisotopic (exact) mass is 2080 g/mol. The van der Waals surface area contributed by atoms with Gasteiger partial charge in [-0.2, -0.15) is 10.3 Å². The average molecular weight is 2090 g/mol. The van der Waals surface area contributed by atoms with Crippen molar-refractivity contribution < 1.29 is 68.8 Å². The van der Waals surface area contributed by atoms with E-state index in [0.29, 0.717) is 128 Å². The van der Waals surface area contributed by atoms with Crippen molar-refractivity contribution in [3.8, 4) is 51.6 Å². The van der Waals surface area contributed by atoms with Crippen LogP contribution in [0.25, 0.3) is 33.4 Å². The number of methoxy groups -OCH3 is 4. The molecule has 20 nitrogen and oxygen atoms in total. The molecule has 29 heteroatoms. The smallest absolute Gasteiger partial charge is 0.0134 e. The summed E-state index contributed by atoms with van der Waals surface area (Å²) >= 11 is 13.1. The molecule has 4 heterocycles. The van der Waals surface area contributed by atoms with Gasteiger partial charge in [-0.3, -0.25) is 14.4 Å². The first-order valence-corrected chi connectivity index (χ1v) is 51.3. The van der Waals surface area contributed by atoms with Gasteiger partial charge < -0.3 is 49.3 Å². The molecule has 0 radical (unpaired) electrons. The number of rotatable bonds is 28. The number of isothiocyanates is 1. The van der Waals surface area contributed by atoms with Gasteiger partial charge in [0, 0.05) is 67.1 Å². The Morgan fingerprint density at radius 1 is 0.500 bits per heavy atom. The van der Waals surface area contributed by atoms with Crippen LogP contribution in [0.5, 0.6) is 23.0 Å². The summed E-state index contributed by atoms with van der Waals surface area (Å²) in [6, 6.07) is 118. The van der Waals surface area contributed by atoms with E-state index in [1.807, 2.05) is 97.1 Å². The summed E-state index contributed by atoms with van der Waals surface area (Å²) in [6.45, 7) is 8.35. The Labute approximate surface area is 833 Å². The predicted molar refractivity (Wildman–Crippen MR) is 562 cm³/mol. The Morgan fingerprint density at radius 3 is 1.21 bits per heavy atom. The third-order valence-corrected chi connectivity index (χ3v) is 25.2. The quantitative estimate of drug-likeness (QED) is 0.00674. The molecular weight excluding hydrogens is 1980 g/mol. The fourth-order valence-corrected chi connectivity index (χ4v) is 18.4. The van der Waals surface area contributed by atoms with Crippen molar-refractivity contribution in [2.24, 2.45) is 4.99 Å². The Hall–Kier alpha value is -12.4. The molecule has 0 aliphatic carbocycles. The minimum Gasteiger partial charge on any atom is -0.0622 e. The van der Waals surface area contributed by atoms with Crippen LogP contribution in [-0.2, 0) is 27.2 Å². The summed E-state index contributed by atoms with van der Waals surface area (Å²) in [4.78, 5) is 69.3. The fourth-order valence-electron chi connectivity index (χ4n) is 13.0. The third kappa shape index (κ3) is 36.3. The second kappa shape index (κ2) is 60.1. The maximum absolute atomic E-state index is 12.8. The van der Waals surface area contributed by atoms with Gasteiger partial charge in [-0.15, -0.1) is 0 Å². The number of ketones is 3. The van der Waals surface area contributed by atoms with Crippen molar-refractivity contribution in [3.05, 3.63) is 384 Å². The fraction of sp³-hybridized carbons (Fsp3) is 0.168. The molecule has 0 aliphatic rings. The molecule has 0 fully saturated rings. The number of amides is 1. The standard InChI is InChI=1S/C25H24N4O3S.2C18H15P.C16H17NO.C14H19BrN2O3.C10H8N2O2S.C6H7BO2.2ClH.Pd/c1-31-22-14-17-20(15-23(22)32-2)28-25(33)29(24(17)26)13-7-12-21(30)19-11-6-10-18(27-19)16-8-4-3-5-9-16;2*1-4-10-16(11-5-1)19(17-12-6-2-7-13-17)18-14-8-3-9-15-18;1-2-3-12-16(18)15-11-7-10-14(17-15)13-8-5-4-6-9-13;1-14(2,3)20-13(19)16-9-5-7-11(18)10-6-4-8-12(15)17-10;1-13-9-3-7(5-11)8(12-6-15)4-10(9)14-2;8-7(9)6-4-2-1-3-5-6;;;/h3-6,8-11,14-15H,7,12-13,26H2,1-2H3;2*1-15H;4-11H,2-3,12H2,1H3;4,6,8H,5,7,9H2,1-3H3,(H,16,19);3-4H,1-2H3;1-5,8-9H;2*1H;/q;;;;;;;;;+2/p-2. The van der Waals surface area contributed by atoms with Crippen molar-refractivity contribution >= 4 is 171 Å². The van der Waals surface area contributed by atoms with E-state index in [1.165, 1.54) is 46.0 Å². The van der Waals surface area contributed by atoms with Gasteiger partial charge in [0.25, 0.3) is 0 Å². The van der Waals surface area contributed by atoms with Gasteiger partial charge in [0.2, 0.25) is 4.77 Å². The van der Waals surface area contributed by atoms with E-state index in [1.54, 1.807) is 118 Å². The summed E-state index contributed by atoms with van der Waals surface area (Å²) < 4.78 is 28.6. The Bertz CT molecular complexity index is 6060. The third-order valence-electron chi connectivity index (χ3n) is 19.5. The molecule has 1 amide bonds. The second-order valence-corrected chi connectivity index (χ2v) is 38.3. The first kappa shape index (κ1) is 109. The van der Waals surface area contributed by atoms with E-state index >= 15 is 0 Å². The number of carbonyl (C=O) groups excluding carboxylic acids is 4.